The van der Waals surface area contributed by atoms with Gasteiger partial charge in [0.1, 0.15) is 0 Å². The van der Waals surface area contributed by atoms with E-state index in [9.17, 15) is 10.1 Å². The van der Waals surface area contributed by atoms with Gasteiger partial charge in [0.2, 0.25) is 0 Å². The Hall–Kier alpha value is -1.79. The van der Waals surface area contributed by atoms with Crippen LogP contribution in [0.15, 0.2) is 29.8 Å². The molecule has 0 saturated heterocycles. The molecule has 0 amide bonds. The summed E-state index contributed by atoms with van der Waals surface area (Å²) in [6.07, 6.45) is 2.68. The molecule has 6 heteroatoms. The maximum Gasteiger partial charge on any atom is 0.272 e. The van der Waals surface area contributed by atoms with E-state index in [1.807, 2.05) is 11.4 Å². The summed E-state index contributed by atoms with van der Waals surface area (Å²) in [5.41, 5.74) is 1.80. The van der Waals surface area contributed by atoms with Crippen molar-refractivity contribution < 1.29 is 4.92 Å². The number of nitro groups is 1. The van der Waals surface area contributed by atoms with Crippen molar-refractivity contribution >= 4 is 17.0 Å². The number of hydrogen-bond acceptors (Lipinski definition) is 5. The molecule has 0 atom stereocenters. The summed E-state index contributed by atoms with van der Waals surface area (Å²) in [5.74, 6) is 0. The van der Waals surface area contributed by atoms with Crippen molar-refractivity contribution in [1.29, 1.82) is 0 Å². The summed E-state index contributed by atoms with van der Waals surface area (Å²) in [6, 6.07) is 5.33. The topological polar surface area (TPSA) is 68.1 Å². The third-order valence-electron chi connectivity index (χ3n) is 2.80. The molecule has 1 aromatic carbocycles. The highest BCUT2D eigenvalue weighted by molar-refractivity contribution is 7.09. The number of nitrogens with one attached hydrogen (secondary N) is 1. The van der Waals surface area contributed by atoms with Crippen LogP contribution < -0.4 is 5.32 Å². The average Bonchev–Trinajstić information content (AvgIpc) is 2.89. The van der Waals surface area contributed by atoms with Gasteiger partial charge in [-0.05, 0) is 12.5 Å². The summed E-state index contributed by atoms with van der Waals surface area (Å²) in [4.78, 5) is 14.7. The molecule has 19 heavy (non-hydrogen) atoms. The van der Waals surface area contributed by atoms with Crippen LogP contribution in [0, 0.1) is 17.0 Å². The Morgan fingerprint density at radius 1 is 1.47 bits per heavy atom. The van der Waals surface area contributed by atoms with Crippen molar-refractivity contribution in [1.82, 2.24) is 10.3 Å². The Morgan fingerprint density at radius 2 is 2.32 bits per heavy atom. The van der Waals surface area contributed by atoms with E-state index in [4.69, 9.17) is 0 Å². The lowest BCUT2D eigenvalue weighted by Gasteiger charge is -2.05. The molecule has 100 valence electrons. The molecule has 0 aliphatic heterocycles. The minimum atomic E-state index is -0.339. The Balaban J connectivity index is 1.86. The second-order valence-electron chi connectivity index (χ2n) is 4.23. The molecule has 2 rings (SSSR count). The highest BCUT2D eigenvalue weighted by Gasteiger charge is 2.10. The van der Waals surface area contributed by atoms with Gasteiger partial charge in [-0.25, -0.2) is 4.98 Å². The number of rotatable bonds is 6. The monoisotopic (exact) mass is 277 g/mol. The normalized spacial score (nSPS) is 10.6. The Labute approximate surface area is 115 Å². The second kappa shape index (κ2) is 6.40. The lowest BCUT2D eigenvalue weighted by atomic mass is 10.1. The van der Waals surface area contributed by atoms with Crippen molar-refractivity contribution in [3.05, 3.63) is 56.0 Å². The number of nitro benzene ring substituents is 1. The summed E-state index contributed by atoms with van der Waals surface area (Å²) in [5, 5.41) is 17.2. The molecule has 0 radical (unpaired) electrons. The van der Waals surface area contributed by atoms with Crippen LogP contribution in [0.5, 0.6) is 0 Å². The van der Waals surface area contributed by atoms with Crippen molar-refractivity contribution in [3.63, 3.8) is 0 Å². The van der Waals surface area contributed by atoms with Crippen LogP contribution in [0.3, 0.4) is 0 Å². The van der Waals surface area contributed by atoms with Crippen LogP contribution in [0.25, 0.3) is 0 Å². The third kappa shape index (κ3) is 3.84. The molecular weight excluding hydrogens is 262 g/mol. The number of aryl methyl sites for hydroxylation is 1. The number of benzene rings is 1. The molecule has 2 aromatic rings. The predicted octanol–water partition coefficient (Wildman–Crippen LogP) is 2.69. The third-order valence-corrected chi connectivity index (χ3v) is 3.64. The molecule has 1 N–H and O–H groups in total. The summed E-state index contributed by atoms with van der Waals surface area (Å²) < 4.78 is 0. The van der Waals surface area contributed by atoms with Gasteiger partial charge in [-0.2, -0.15) is 0 Å². The summed E-state index contributed by atoms with van der Waals surface area (Å²) in [6.45, 7) is 3.19. The van der Waals surface area contributed by atoms with Crippen LogP contribution in [0.2, 0.25) is 0 Å². The number of aromatic nitrogens is 1. The van der Waals surface area contributed by atoms with E-state index >= 15 is 0 Å². The molecule has 0 aliphatic carbocycles. The number of hydrogen-bond donors (Lipinski definition) is 1. The van der Waals surface area contributed by atoms with Crippen LogP contribution in [0.4, 0.5) is 5.69 Å². The van der Waals surface area contributed by atoms with Gasteiger partial charge in [-0.1, -0.05) is 12.1 Å². The van der Waals surface area contributed by atoms with E-state index in [1.165, 1.54) is 0 Å². The predicted molar refractivity (Wildman–Crippen MR) is 75.4 cm³/mol. The number of nitrogens with zero attached hydrogens (tertiary/aromatic N) is 2. The minimum absolute atomic E-state index is 0.180. The first-order valence-electron chi connectivity index (χ1n) is 6.00. The Kier molecular flexibility index (Phi) is 4.59. The standard InChI is InChI=1S/C13H15N3O2S/c1-10-2-3-11(8-12(10)16(17)18)9-14-5-4-13-15-6-7-19-13/h2-3,6-8,14H,4-5,9H2,1H3. The van der Waals surface area contributed by atoms with Crippen LogP contribution >= 0.6 is 11.3 Å². The van der Waals surface area contributed by atoms with Crippen molar-refractivity contribution in [2.45, 2.75) is 19.9 Å². The van der Waals surface area contributed by atoms with Gasteiger partial charge in [0, 0.05) is 42.7 Å². The molecule has 1 heterocycles. The van der Waals surface area contributed by atoms with E-state index < -0.39 is 0 Å². The van der Waals surface area contributed by atoms with E-state index in [1.54, 1.807) is 36.6 Å². The maximum absolute atomic E-state index is 10.8. The van der Waals surface area contributed by atoms with E-state index in [2.05, 4.69) is 10.3 Å². The SMILES string of the molecule is Cc1ccc(CNCCc2nccs2)cc1[N+](=O)[O-]. The smallest absolute Gasteiger partial charge is 0.272 e. The number of thiazole rings is 1. The van der Waals surface area contributed by atoms with Crippen molar-refractivity contribution in [2.75, 3.05) is 6.54 Å². The first-order chi connectivity index (χ1) is 9.16. The zero-order valence-electron chi connectivity index (χ0n) is 10.6. The Bertz CT molecular complexity index is 555. The second-order valence-corrected chi connectivity index (χ2v) is 5.21. The fraction of sp³-hybridized carbons (Fsp3) is 0.308. The van der Waals surface area contributed by atoms with Gasteiger partial charge in [0.05, 0.1) is 9.93 Å². The molecule has 5 nitrogen and oxygen atoms in total. The van der Waals surface area contributed by atoms with Gasteiger partial charge in [-0.3, -0.25) is 10.1 Å². The zero-order valence-corrected chi connectivity index (χ0v) is 11.4. The van der Waals surface area contributed by atoms with E-state index in [0.717, 1.165) is 23.5 Å². The highest BCUT2D eigenvalue weighted by Crippen LogP contribution is 2.19. The fourth-order valence-corrected chi connectivity index (χ4v) is 2.39. The molecule has 0 fully saturated rings. The van der Waals surface area contributed by atoms with E-state index in [-0.39, 0.29) is 10.6 Å². The Morgan fingerprint density at radius 3 is 3.00 bits per heavy atom. The largest absolute Gasteiger partial charge is 0.312 e. The first kappa shape index (κ1) is 13.6. The van der Waals surface area contributed by atoms with Crippen LogP contribution in [-0.4, -0.2) is 16.5 Å². The van der Waals surface area contributed by atoms with Crippen molar-refractivity contribution in [2.24, 2.45) is 0 Å². The van der Waals surface area contributed by atoms with Crippen molar-refractivity contribution in [3.8, 4) is 0 Å². The van der Waals surface area contributed by atoms with Crippen LogP contribution in [0.1, 0.15) is 16.1 Å². The van der Waals surface area contributed by atoms with Gasteiger partial charge < -0.3 is 5.32 Å². The molecule has 1 aromatic heterocycles. The van der Waals surface area contributed by atoms with E-state index in [0.29, 0.717) is 12.1 Å². The average molecular weight is 277 g/mol. The van der Waals surface area contributed by atoms with Gasteiger partial charge >= 0.3 is 0 Å². The van der Waals surface area contributed by atoms with Gasteiger partial charge in [0.25, 0.3) is 5.69 Å². The highest BCUT2D eigenvalue weighted by atomic mass is 32.1. The molecule has 0 bridgehead atoms. The maximum atomic E-state index is 10.8. The van der Waals surface area contributed by atoms with Gasteiger partial charge in [-0.15, -0.1) is 11.3 Å². The van der Waals surface area contributed by atoms with Crippen LogP contribution in [-0.2, 0) is 13.0 Å². The molecule has 0 aliphatic rings. The molecule has 0 saturated carbocycles. The summed E-state index contributed by atoms with van der Waals surface area (Å²) >= 11 is 1.64. The summed E-state index contributed by atoms with van der Waals surface area (Å²) in [7, 11) is 0. The molecule has 0 unspecified atom stereocenters. The lowest BCUT2D eigenvalue weighted by molar-refractivity contribution is -0.385. The lowest BCUT2D eigenvalue weighted by Crippen LogP contribution is -2.16. The first-order valence-corrected chi connectivity index (χ1v) is 6.88. The molecule has 0 spiro atoms. The van der Waals surface area contributed by atoms with Gasteiger partial charge in [0.15, 0.2) is 0 Å². The minimum Gasteiger partial charge on any atom is -0.312 e. The fourth-order valence-electron chi connectivity index (χ4n) is 1.77. The zero-order chi connectivity index (χ0) is 13.7. The quantitative estimate of drug-likeness (QED) is 0.501. The molecular formula is C13H15N3O2S.